The van der Waals surface area contributed by atoms with Crippen LogP contribution < -0.4 is 0 Å². The van der Waals surface area contributed by atoms with Crippen molar-refractivity contribution in [2.24, 2.45) is 0 Å². The predicted molar refractivity (Wildman–Crippen MR) is 95.1 cm³/mol. The zero-order chi connectivity index (χ0) is 18.2. The number of benzene rings is 1. The molecule has 1 aliphatic heterocycles. The molecule has 0 saturated carbocycles. The van der Waals surface area contributed by atoms with Crippen LogP contribution in [-0.2, 0) is 20.0 Å². The zero-order valence-corrected chi connectivity index (χ0v) is 15.8. The molecule has 1 aliphatic rings. The van der Waals surface area contributed by atoms with Crippen LogP contribution in [0.15, 0.2) is 53.7 Å². The Kier molecular flexibility index (Phi) is 4.89. The summed E-state index contributed by atoms with van der Waals surface area (Å²) in [5.74, 6) is 0. The van der Waals surface area contributed by atoms with Gasteiger partial charge in [-0.1, -0.05) is 46.9 Å². The standard InChI is InChI=1S/C16H17ClN2O4S2/c1-2-5-14-16(12-7-9-13(17)10-8-12)19(24(14,20)21)25(22,23)15-6-3-4-11-18-15/h3-4,6-11,14,16H,2,5H2,1H3/t14-,16-/m0/s1. The van der Waals surface area contributed by atoms with Crippen LogP contribution in [0.25, 0.3) is 0 Å². The second-order valence-electron chi connectivity index (χ2n) is 5.77. The molecule has 0 N–H and O–H groups in total. The minimum Gasteiger partial charge on any atom is -0.243 e. The molecule has 134 valence electrons. The molecular weight excluding hydrogens is 384 g/mol. The van der Waals surface area contributed by atoms with Crippen molar-refractivity contribution in [2.75, 3.05) is 0 Å². The molecule has 0 aliphatic carbocycles. The van der Waals surface area contributed by atoms with Crippen molar-refractivity contribution in [2.45, 2.75) is 36.1 Å². The van der Waals surface area contributed by atoms with E-state index in [1.165, 1.54) is 18.3 Å². The highest BCUT2D eigenvalue weighted by molar-refractivity contribution is 8.05. The van der Waals surface area contributed by atoms with Crippen molar-refractivity contribution in [1.82, 2.24) is 8.69 Å². The van der Waals surface area contributed by atoms with E-state index < -0.39 is 31.3 Å². The van der Waals surface area contributed by atoms with Crippen LogP contribution in [0.1, 0.15) is 31.4 Å². The Labute approximate surface area is 152 Å². The highest BCUT2D eigenvalue weighted by atomic mass is 35.5. The first-order valence-electron chi connectivity index (χ1n) is 7.75. The van der Waals surface area contributed by atoms with Crippen molar-refractivity contribution in [1.29, 1.82) is 0 Å². The number of hydrogen-bond donors (Lipinski definition) is 0. The lowest BCUT2D eigenvalue weighted by Crippen LogP contribution is -2.60. The fourth-order valence-electron chi connectivity index (χ4n) is 2.99. The van der Waals surface area contributed by atoms with Crippen molar-refractivity contribution in [3.05, 3.63) is 59.2 Å². The Morgan fingerprint density at radius 1 is 1.16 bits per heavy atom. The van der Waals surface area contributed by atoms with Crippen molar-refractivity contribution < 1.29 is 16.8 Å². The van der Waals surface area contributed by atoms with Crippen molar-refractivity contribution >= 4 is 31.6 Å². The second-order valence-corrected chi connectivity index (χ2v) is 10.2. The first-order valence-corrected chi connectivity index (χ1v) is 11.1. The lowest BCUT2D eigenvalue weighted by atomic mass is 10.0. The van der Waals surface area contributed by atoms with Gasteiger partial charge in [0.25, 0.3) is 10.0 Å². The highest BCUT2D eigenvalue weighted by Gasteiger charge is 2.60. The zero-order valence-electron chi connectivity index (χ0n) is 13.4. The average molecular weight is 401 g/mol. The van der Waals surface area contributed by atoms with Crippen LogP contribution in [-0.4, -0.2) is 30.8 Å². The smallest absolute Gasteiger partial charge is 0.243 e. The molecule has 1 aromatic heterocycles. The van der Waals surface area contributed by atoms with Crippen LogP contribution in [0.2, 0.25) is 5.02 Å². The number of halogens is 1. The monoisotopic (exact) mass is 400 g/mol. The van der Waals surface area contributed by atoms with Gasteiger partial charge in [-0.05, 0) is 36.2 Å². The summed E-state index contributed by atoms with van der Waals surface area (Å²) >= 11 is 5.89. The third-order valence-electron chi connectivity index (χ3n) is 4.14. The maximum Gasteiger partial charge on any atom is 0.274 e. The number of hydrogen-bond acceptors (Lipinski definition) is 5. The topological polar surface area (TPSA) is 84.4 Å². The van der Waals surface area contributed by atoms with E-state index in [2.05, 4.69) is 4.98 Å². The van der Waals surface area contributed by atoms with Crippen molar-refractivity contribution in [3.63, 3.8) is 0 Å². The molecule has 0 radical (unpaired) electrons. The number of aromatic nitrogens is 1. The first kappa shape index (κ1) is 18.3. The summed E-state index contributed by atoms with van der Waals surface area (Å²) < 4.78 is 51.8. The Morgan fingerprint density at radius 3 is 2.40 bits per heavy atom. The summed E-state index contributed by atoms with van der Waals surface area (Å²) in [6.07, 6.45) is 2.33. The van der Waals surface area contributed by atoms with Gasteiger partial charge >= 0.3 is 0 Å². The van der Waals surface area contributed by atoms with Gasteiger partial charge in [0.1, 0.15) is 0 Å². The van der Waals surface area contributed by atoms with E-state index in [1.54, 1.807) is 30.3 Å². The SMILES string of the molecule is CCC[C@H]1[C@H](c2ccc(Cl)cc2)N(S(=O)(=O)c2ccccn2)S1(=O)=O. The summed E-state index contributed by atoms with van der Waals surface area (Å²) in [6, 6.07) is 10.1. The van der Waals surface area contributed by atoms with Gasteiger partial charge in [0.05, 0.1) is 11.3 Å². The fourth-order valence-corrected chi connectivity index (χ4v) is 7.84. The van der Waals surface area contributed by atoms with E-state index in [0.717, 1.165) is 0 Å². The van der Waals surface area contributed by atoms with Gasteiger partial charge in [0.2, 0.25) is 10.0 Å². The fraction of sp³-hybridized carbons (Fsp3) is 0.312. The Morgan fingerprint density at radius 2 is 1.84 bits per heavy atom. The molecule has 0 spiro atoms. The number of pyridine rings is 1. The lowest BCUT2D eigenvalue weighted by Gasteiger charge is -2.45. The van der Waals surface area contributed by atoms with Gasteiger partial charge in [-0.15, -0.1) is 0 Å². The molecule has 2 heterocycles. The molecule has 6 nitrogen and oxygen atoms in total. The molecule has 0 amide bonds. The maximum atomic E-state index is 12.9. The molecule has 0 bridgehead atoms. The molecule has 1 fully saturated rings. The molecule has 1 saturated heterocycles. The normalized spacial score (nSPS) is 23.1. The molecular formula is C16H17ClN2O4S2. The van der Waals surface area contributed by atoms with Gasteiger partial charge in [0.15, 0.2) is 5.03 Å². The Hall–Kier alpha value is -1.48. The highest BCUT2D eigenvalue weighted by Crippen LogP contribution is 2.47. The van der Waals surface area contributed by atoms with E-state index in [9.17, 15) is 16.8 Å². The van der Waals surface area contributed by atoms with Crippen molar-refractivity contribution in [3.8, 4) is 0 Å². The lowest BCUT2D eigenvalue weighted by molar-refractivity contribution is 0.332. The van der Waals surface area contributed by atoms with Crippen LogP contribution in [0.4, 0.5) is 0 Å². The van der Waals surface area contributed by atoms with E-state index >= 15 is 0 Å². The third-order valence-corrected chi connectivity index (χ3v) is 9.06. The predicted octanol–water partition coefficient (Wildman–Crippen LogP) is 2.98. The average Bonchev–Trinajstić information content (AvgIpc) is 2.59. The molecule has 9 heteroatoms. The van der Waals surface area contributed by atoms with Crippen LogP contribution in [0.3, 0.4) is 0 Å². The number of rotatable bonds is 5. The quantitative estimate of drug-likeness (QED) is 0.770. The van der Waals surface area contributed by atoms with Gasteiger partial charge < -0.3 is 0 Å². The first-order chi connectivity index (χ1) is 11.8. The molecule has 2 atom stereocenters. The van der Waals surface area contributed by atoms with E-state index in [0.29, 0.717) is 27.1 Å². The molecule has 0 unspecified atom stereocenters. The van der Waals surface area contributed by atoms with Gasteiger partial charge in [0, 0.05) is 11.2 Å². The van der Waals surface area contributed by atoms with E-state index in [4.69, 9.17) is 11.6 Å². The molecule has 25 heavy (non-hydrogen) atoms. The van der Waals surface area contributed by atoms with Gasteiger partial charge in [-0.25, -0.2) is 21.8 Å². The van der Waals surface area contributed by atoms with Gasteiger partial charge in [-0.3, -0.25) is 0 Å². The summed E-state index contributed by atoms with van der Waals surface area (Å²) in [4.78, 5) is 3.82. The van der Waals surface area contributed by atoms with Crippen LogP contribution >= 0.6 is 11.6 Å². The summed E-state index contributed by atoms with van der Waals surface area (Å²) in [7, 11) is -8.23. The summed E-state index contributed by atoms with van der Waals surface area (Å²) in [5, 5.41) is -0.568. The largest absolute Gasteiger partial charge is 0.274 e. The second kappa shape index (κ2) is 6.68. The van der Waals surface area contributed by atoms with Gasteiger partial charge in [-0.2, -0.15) is 0 Å². The minimum atomic E-state index is -4.27. The summed E-state index contributed by atoms with van der Waals surface area (Å²) in [5.41, 5.74) is 0.595. The maximum absolute atomic E-state index is 12.9. The number of nitrogens with zero attached hydrogens (tertiary/aromatic N) is 2. The van der Waals surface area contributed by atoms with Crippen LogP contribution in [0, 0.1) is 0 Å². The van der Waals surface area contributed by atoms with E-state index in [-0.39, 0.29) is 5.03 Å². The molecule has 2 aromatic rings. The van der Waals surface area contributed by atoms with E-state index in [1.807, 2.05) is 6.92 Å². The Bertz CT molecular complexity index is 961. The molecule has 1 aromatic carbocycles. The van der Waals surface area contributed by atoms with Crippen LogP contribution in [0.5, 0.6) is 0 Å². The molecule has 3 rings (SSSR count). The Balaban J connectivity index is 2.11. The minimum absolute atomic E-state index is 0.285. The number of sulfonamides is 2. The third kappa shape index (κ3) is 3.08. The summed E-state index contributed by atoms with van der Waals surface area (Å²) in [6.45, 7) is 1.87.